The van der Waals surface area contributed by atoms with Crippen LogP contribution in [0.5, 0.6) is 0 Å². The Hall–Kier alpha value is -1.30. The van der Waals surface area contributed by atoms with Crippen LogP contribution in [-0.2, 0) is 9.53 Å². The maximum absolute atomic E-state index is 10.0. The summed E-state index contributed by atoms with van der Waals surface area (Å²) in [7, 11) is 0. The molecule has 70 valence electrons. The Kier molecular flexibility index (Phi) is 4.78. The topological polar surface area (TPSA) is 108 Å². The fourth-order valence-corrected chi connectivity index (χ4v) is 0.526. The van der Waals surface area contributed by atoms with Crippen molar-refractivity contribution in [2.45, 2.75) is 13.0 Å². The Balaban J connectivity index is 3.39. The molecule has 0 aromatic heterocycles. The van der Waals surface area contributed by atoms with E-state index in [0.717, 1.165) is 0 Å². The number of nitrogens with two attached hydrogens (primary N) is 1. The Labute approximate surface area is 70.2 Å². The zero-order valence-corrected chi connectivity index (χ0v) is 6.83. The van der Waals surface area contributed by atoms with Crippen LogP contribution in [0.25, 0.3) is 0 Å². The minimum atomic E-state index is -1.01. The number of hydrogen-bond donors (Lipinski definition) is 4. The number of carbonyl (C=O) groups is 1. The zero-order valence-electron chi connectivity index (χ0n) is 6.83. The summed E-state index contributed by atoms with van der Waals surface area (Å²) in [6.07, 6.45) is -0.273. The lowest BCUT2D eigenvalue weighted by Crippen LogP contribution is -2.36. The molecular weight excluding hydrogens is 162 g/mol. The van der Waals surface area contributed by atoms with Crippen LogP contribution in [0.3, 0.4) is 0 Å². The molecule has 1 atom stereocenters. The number of hydrogen-bond acceptors (Lipinski definition) is 3. The van der Waals surface area contributed by atoms with E-state index in [1.807, 2.05) is 0 Å². The summed E-state index contributed by atoms with van der Waals surface area (Å²) in [5.41, 5.74) is 5.00. The molecule has 0 bridgehead atoms. The molecule has 0 aromatic carbocycles. The van der Waals surface area contributed by atoms with Gasteiger partial charge in [-0.1, -0.05) is 0 Å². The zero-order chi connectivity index (χ0) is 9.56. The van der Waals surface area contributed by atoms with Gasteiger partial charge in [-0.2, -0.15) is 0 Å². The second-order valence-electron chi connectivity index (χ2n) is 2.31. The first-order valence-electron chi connectivity index (χ1n) is 3.43. The molecule has 0 fully saturated rings. The number of nitrogens with one attached hydrogen (secondary N) is 2. The van der Waals surface area contributed by atoms with E-state index >= 15 is 0 Å². The molecule has 0 aliphatic carbocycles. The van der Waals surface area contributed by atoms with Gasteiger partial charge in [-0.25, -0.2) is 4.79 Å². The predicted octanol–water partition coefficient (Wildman–Crippen LogP) is -1.04. The van der Waals surface area contributed by atoms with E-state index in [0.29, 0.717) is 6.54 Å². The van der Waals surface area contributed by atoms with Crippen molar-refractivity contribution in [2.75, 3.05) is 13.2 Å². The summed E-state index contributed by atoms with van der Waals surface area (Å²) in [4.78, 5) is 10.0. The van der Waals surface area contributed by atoms with E-state index in [2.05, 4.69) is 5.32 Å². The molecular formula is C6H13N3O3. The molecule has 0 radical (unpaired) electrons. The quantitative estimate of drug-likeness (QED) is 0.315. The highest BCUT2D eigenvalue weighted by atomic mass is 16.5. The predicted molar refractivity (Wildman–Crippen MR) is 43.0 cm³/mol. The largest absolute Gasteiger partial charge is 0.480 e. The minimum Gasteiger partial charge on any atom is -0.480 e. The van der Waals surface area contributed by atoms with Crippen molar-refractivity contribution in [1.82, 2.24) is 5.32 Å². The number of rotatable bonds is 5. The molecule has 0 aliphatic heterocycles. The van der Waals surface area contributed by atoms with Gasteiger partial charge in [-0.3, -0.25) is 5.41 Å². The number of ether oxygens (including phenoxy) is 1. The van der Waals surface area contributed by atoms with Crippen LogP contribution in [0.1, 0.15) is 6.92 Å². The highest BCUT2D eigenvalue weighted by Gasteiger charge is 2.04. The van der Waals surface area contributed by atoms with Crippen molar-refractivity contribution in [1.29, 1.82) is 5.41 Å². The summed E-state index contributed by atoms with van der Waals surface area (Å²) < 4.78 is 4.84. The van der Waals surface area contributed by atoms with Crippen LogP contribution in [0.2, 0.25) is 0 Å². The van der Waals surface area contributed by atoms with Gasteiger partial charge in [0.1, 0.15) is 6.61 Å². The molecule has 0 saturated carbocycles. The van der Waals surface area contributed by atoms with E-state index < -0.39 is 5.97 Å². The molecule has 5 N–H and O–H groups in total. The summed E-state index contributed by atoms with van der Waals surface area (Å²) in [5, 5.41) is 17.5. The fourth-order valence-electron chi connectivity index (χ4n) is 0.526. The Morgan fingerprint density at radius 2 is 2.42 bits per heavy atom. The molecule has 12 heavy (non-hydrogen) atoms. The van der Waals surface area contributed by atoms with E-state index in [4.69, 9.17) is 21.0 Å². The highest BCUT2D eigenvalue weighted by molar-refractivity contribution is 5.74. The van der Waals surface area contributed by atoms with Gasteiger partial charge in [0.15, 0.2) is 5.96 Å². The van der Waals surface area contributed by atoms with Crippen molar-refractivity contribution in [3.63, 3.8) is 0 Å². The van der Waals surface area contributed by atoms with E-state index in [1.165, 1.54) is 0 Å². The summed E-state index contributed by atoms with van der Waals surface area (Å²) in [6.45, 7) is 1.70. The van der Waals surface area contributed by atoms with Crippen molar-refractivity contribution in [2.24, 2.45) is 5.73 Å². The fraction of sp³-hybridized carbons (Fsp3) is 0.667. The highest BCUT2D eigenvalue weighted by Crippen LogP contribution is 1.87. The van der Waals surface area contributed by atoms with Gasteiger partial charge in [0, 0.05) is 6.54 Å². The number of aliphatic carboxylic acids is 1. The maximum Gasteiger partial charge on any atom is 0.329 e. The number of carboxylic acids is 1. The first-order valence-corrected chi connectivity index (χ1v) is 3.43. The Morgan fingerprint density at radius 1 is 1.83 bits per heavy atom. The molecule has 0 aliphatic rings. The van der Waals surface area contributed by atoms with Crippen molar-refractivity contribution in [3.05, 3.63) is 0 Å². The van der Waals surface area contributed by atoms with Gasteiger partial charge in [-0.15, -0.1) is 0 Å². The summed E-state index contributed by atoms with van der Waals surface area (Å²) >= 11 is 0. The molecule has 1 unspecified atom stereocenters. The maximum atomic E-state index is 10.0. The third-order valence-electron chi connectivity index (χ3n) is 1.07. The van der Waals surface area contributed by atoms with Crippen LogP contribution < -0.4 is 11.1 Å². The van der Waals surface area contributed by atoms with Gasteiger partial charge >= 0.3 is 5.97 Å². The van der Waals surface area contributed by atoms with E-state index in [9.17, 15) is 4.79 Å². The van der Waals surface area contributed by atoms with Gasteiger partial charge in [0.25, 0.3) is 0 Å². The molecule has 0 spiro atoms. The normalized spacial score (nSPS) is 12.1. The van der Waals surface area contributed by atoms with Gasteiger partial charge in [0.05, 0.1) is 6.10 Å². The summed E-state index contributed by atoms with van der Waals surface area (Å²) in [5.74, 6) is -1.16. The first kappa shape index (κ1) is 10.7. The second-order valence-corrected chi connectivity index (χ2v) is 2.31. The average molecular weight is 175 g/mol. The molecule has 0 aromatic rings. The Bertz CT molecular complexity index is 153. The monoisotopic (exact) mass is 175 g/mol. The lowest BCUT2D eigenvalue weighted by Gasteiger charge is -2.11. The Morgan fingerprint density at radius 3 is 2.83 bits per heavy atom. The van der Waals surface area contributed by atoms with Gasteiger partial charge < -0.3 is 20.9 Å². The van der Waals surface area contributed by atoms with Crippen LogP contribution in [-0.4, -0.2) is 36.3 Å². The smallest absolute Gasteiger partial charge is 0.329 e. The summed E-state index contributed by atoms with van der Waals surface area (Å²) in [6, 6.07) is 0. The lowest BCUT2D eigenvalue weighted by atomic mass is 10.4. The van der Waals surface area contributed by atoms with Crippen LogP contribution in [0.15, 0.2) is 0 Å². The number of guanidine groups is 1. The third-order valence-corrected chi connectivity index (χ3v) is 1.07. The van der Waals surface area contributed by atoms with E-state index in [1.54, 1.807) is 6.92 Å². The average Bonchev–Trinajstić information content (AvgIpc) is 1.96. The van der Waals surface area contributed by atoms with Crippen molar-refractivity contribution < 1.29 is 14.6 Å². The molecule has 6 heteroatoms. The molecule has 0 heterocycles. The minimum absolute atomic E-state index is 0.152. The molecule has 0 rings (SSSR count). The van der Waals surface area contributed by atoms with Crippen LogP contribution >= 0.6 is 0 Å². The molecule has 6 nitrogen and oxygen atoms in total. The second kappa shape index (κ2) is 5.36. The van der Waals surface area contributed by atoms with E-state index in [-0.39, 0.29) is 18.7 Å². The molecule has 0 amide bonds. The third kappa shape index (κ3) is 6.81. The van der Waals surface area contributed by atoms with Crippen LogP contribution in [0.4, 0.5) is 0 Å². The lowest BCUT2D eigenvalue weighted by molar-refractivity contribution is -0.143. The number of carboxylic acid groups (broad SMARTS) is 1. The van der Waals surface area contributed by atoms with Gasteiger partial charge in [-0.05, 0) is 6.92 Å². The molecule has 0 saturated heterocycles. The standard InChI is InChI=1S/C6H13N3O3/c1-4(2-9-6(7)8)12-3-5(10)11/h4H,2-3H2,1H3,(H,10,11)(H4,7,8,9). The van der Waals surface area contributed by atoms with Crippen LogP contribution in [0, 0.1) is 5.41 Å². The first-order chi connectivity index (χ1) is 5.52. The van der Waals surface area contributed by atoms with Crippen molar-refractivity contribution in [3.8, 4) is 0 Å². The van der Waals surface area contributed by atoms with Gasteiger partial charge in [0.2, 0.25) is 0 Å². The SMILES string of the molecule is CC(CNC(=N)N)OCC(=O)O. The van der Waals surface area contributed by atoms with Crippen molar-refractivity contribution >= 4 is 11.9 Å².